The number of piperidine rings is 1. The number of fused-ring (bicyclic) bond motifs is 1. The van der Waals surface area contributed by atoms with Crippen molar-refractivity contribution in [1.29, 1.82) is 0 Å². The third-order valence-corrected chi connectivity index (χ3v) is 6.20. The lowest BCUT2D eigenvalue weighted by Crippen LogP contribution is -2.41. The third-order valence-electron chi connectivity index (χ3n) is 6.20. The molecule has 0 bridgehead atoms. The van der Waals surface area contributed by atoms with E-state index in [0.29, 0.717) is 32.4 Å². The summed E-state index contributed by atoms with van der Waals surface area (Å²) < 4.78 is 2.28. The van der Waals surface area contributed by atoms with Gasteiger partial charge in [-0.25, -0.2) is 0 Å². The Morgan fingerprint density at radius 2 is 1.73 bits per heavy atom. The van der Waals surface area contributed by atoms with E-state index in [1.54, 1.807) is 0 Å². The van der Waals surface area contributed by atoms with Crippen LogP contribution in [-0.2, 0) is 22.6 Å². The Balaban J connectivity index is 1.45. The normalized spacial score (nSPS) is 14.9. The van der Waals surface area contributed by atoms with Crippen LogP contribution in [-0.4, -0.2) is 34.4 Å². The monoisotopic (exact) mass is 403 g/mol. The van der Waals surface area contributed by atoms with E-state index in [1.807, 2.05) is 4.90 Å². The molecule has 1 fully saturated rings. The number of nitrogens with zero attached hydrogens (tertiary/aromatic N) is 2. The van der Waals surface area contributed by atoms with Crippen molar-refractivity contribution in [2.75, 3.05) is 13.1 Å². The molecule has 0 atom stereocenters. The molecule has 4 rings (SSSR count). The van der Waals surface area contributed by atoms with Crippen molar-refractivity contribution < 1.29 is 9.59 Å². The number of likely N-dealkylation sites (tertiary alicyclic amines) is 1. The maximum atomic E-state index is 12.7. The Morgan fingerprint density at radius 1 is 1.03 bits per heavy atom. The fourth-order valence-electron chi connectivity index (χ4n) is 4.36. The lowest BCUT2D eigenvalue weighted by atomic mass is 9.96. The molecular formula is C25H29N3O2. The van der Waals surface area contributed by atoms with Gasteiger partial charge < -0.3 is 15.2 Å². The topological polar surface area (TPSA) is 68.3 Å². The first-order valence-corrected chi connectivity index (χ1v) is 10.7. The number of benzene rings is 2. The summed E-state index contributed by atoms with van der Waals surface area (Å²) >= 11 is 0. The average Bonchev–Trinajstić information content (AvgIpc) is 3.11. The van der Waals surface area contributed by atoms with Gasteiger partial charge >= 0.3 is 0 Å². The van der Waals surface area contributed by atoms with Gasteiger partial charge in [0.1, 0.15) is 0 Å². The quantitative estimate of drug-likeness (QED) is 0.683. The molecule has 0 unspecified atom stereocenters. The molecule has 3 aromatic rings. The average molecular weight is 404 g/mol. The summed E-state index contributed by atoms with van der Waals surface area (Å²) in [7, 11) is 0. The van der Waals surface area contributed by atoms with Crippen molar-refractivity contribution >= 4 is 22.7 Å². The van der Waals surface area contributed by atoms with E-state index >= 15 is 0 Å². The molecule has 1 aliphatic rings. The second kappa shape index (κ2) is 8.74. The van der Waals surface area contributed by atoms with Crippen LogP contribution in [0.5, 0.6) is 0 Å². The van der Waals surface area contributed by atoms with Gasteiger partial charge in [0, 0.05) is 49.1 Å². The van der Waals surface area contributed by atoms with Crippen molar-refractivity contribution in [3.8, 4) is 0 Å². The number of hydrogen-bond donors (Lipinski definition) is 1. The highest BCUT2D eigenvalue weighted by Gasteiger charge is 2.25. The molecule has 156 valence electrons. The van der Waals surface area contributed by atoms with Crippen LogP contribution in [0.15, 0.2) is 54.7 Å². The predicted octanol–water partition coefficient (Wildman–Crippen LogP) is 3.65. The summed E-state index contributed by atoms with van der Waals surface area (Å²) in [5.74, 6) is -0.175. The first kappa shape index (κ1) is 20.2. The highest BCUT2D eigenvalue weighted by molar-refractivity contribution is 5.85. The number of para-hydroxylation sites is 1. The minimum atomic E-state index is -0.247. The number of nitrogens with two attached hydrogens (primary N) is 1. The van der Waals surface area contributed by atoms with Crippen molar-refractivity contribution in [2.24, 2.45) is 11.7 Å². The van der Waals surface area contributed by atoms with Crippen LogP contribution < -0.4 is 5.73 Å². The molecule has 5 nitrogen and oxygen atoms in total. The van der Waals surface area contributed by atoms with Crippen LogP contribution in [0.3, 0.4) is 0 Å². The summed E-state index contributed by atoms with van der Waals surface area (Å²) in [6.07, 6.45) is 4.75. The van der Waals surface area contributed by atoms with Crippen LogP contribution in [0.1, 0.15) is 36.0 Å². The fraction of sp³-hybridized carbons (Fsp3) is 0.360. The van der Waals surface area contributed by atoms with E-state index in [4.69, 9.17) is 5.73 Å². The lowest BCUT2D eigenvalue weighted by molar-refractivity contribution is -0.134. The van der Waals surface area contributed by atoms with E-state index in [-0.39, 0.29) is 17.7 Å². The standard InChI is InChI=1S/C25H29N3O2/c1-18-6-8-19(9-7-18)16-28-17-21(22-4-2-3-5-23(22)28)10-11-24(29)27-14-12-20(13-15-27)25(26)30/h2-9,17,20H,10-16H2,1H3,(H2,26,30). The molecule has 2 amide bonds. The lowest BCUT2D eigenvalue weighted by Gasteiger charge is -2.30. The number of rotatable bonds is 6. The molecule has 5 heteroatoms. The first-order chi connectivity index (χ1) is 14.5. The minimum Gasteiger partial charge on any atom is -0.369 e. The van der Waals surface area contributed by atoms with Crippen LogP contribution in [0.25, 0.3) is 10.9 Å². The zero-order valence-electron chi connectivity index (χ0n) is 17.5. The van der Waals surface area contributed by atoms with Gasteiger partial charge in [0.25, 0.3) is 0 Å². The number of carbonyl (C=O) groups is 2. The summed E-state index contributed by atoms with van der Waals surface area (Å²) in [5, 5.41) is 1.21. The second-order valence-corrected chi connectivity index (χ2v) is 8.34. The summed E-state index contributed by atoms with van der Waals surface area (Å²) in [4.78, 5) is 25.9. The highest BCUT2D eigenvalue weighted by Crippen LogP contribution is 2.25. The van der Waals surface area contributed by atoms with E-state index in [9.17, 15) is 9.59 Å². The maximum Gasteiger partial charge on any atom is 0.222 e. The Bertz CT molecular complexity index is 1040. The van der Waals surface area contributed by atoms with Crippen LogP contribution in [0.2, 0.25) is 0 Å². The maximum absolute atomic E-state index is 12.7. The van der Waals surface area contributed by atoms with Crippen molar-refractivity contribution in [1.82, 2.24) is 9.47 Å². The molecule has 0 aliphatic carbocycles. The van der Waals surface area contributed by atoms with Gasteiger partial charge in [0.15, 0.2) is 0 Å². The molecule has 2 N–H and O–H groups in total. The van der Waals surface area contributed by atoms with E-state index in [0.717, 1.165) is 13.0 Å². The molecule has 1 saturated heterocycles. The number of primary amides is 1. The molecule has 0 saturated carbocycles. The first-order valence-electron chi connectivity index (χ1n) is 10.7. The SMILES string of the molecule is Cc1ccc(Cn2cc(CCC(=O)N3CCC(C(N)=O)CC3)c3ccccc32)cc1. The number of amides is 2. The largest absolute Gasteiger partial charge is 0.369 e. The third kappa shape index (κ3) is 4.40. The minimum absolute atomic E-state index is 0.0891. The molecule has 1 aliphatic heterocycles. The molecule has 0 radical (unpaired) electrons. The van der Waals surface area contributed by atoms with Crippen LogP contribution in [0, 0.1) is 12.8 Å². The number of aromatic nitrogens is 1. The van der Waals surface area contributed by atoms with Crippen LogP contribution in [0.4, 0.5) is 0 Å². The molecule has 1 aromatic heterocycles. The molecule has 30 heavy (non-hydrogen) atoms. The predicted molar refractivity (Wildman–Crippen MR) is 119 cm³/mol. The fourth-order valence-corrected chi connectivity index (χ4v) is 4.36. The van der Waals surface area contributed by atoms with Crippen molar-refractivity contribution in [3.05, 3.63) is 71.4 Å². The number of carbonyl (C=O) groups excluding carboxylic acids is 2. The molecule has 0 spiro atoms. The van der Waals surface area contributed by atoms with Crippen molar-refractivity contribution in [2.45, 2.75) is 39.2 Å². The van der Waals surface area contributed by atoms with Gasteiger partial charge in [0.05, 0.1) is 0 Å². The summed E-state index contributed by atoms with van der Waals surface area (Å²) in [6, 6.07) is 17.0. The molecule has 2 heterocycles. The smallest absolute Gasteiger partial charge is 0.222 e. The molecule has 2 aromatic carbocycles. The van der Waals surface area contributed by atoms with E-state index < -0.39 is 0 Å². The Kier molecular flexibility index (Phi) is 5.88. The van der Waals surface area contributed by atoms with Gasteiger partial charge in [-0.15, -0.1) is 0 Å². The zero-order chi connectivity index (χ0) is 21.1. The summed E-state index contributed by atoms with van der Waals surface area (Å²) in [5.41, 5.74) is 10.3. The highest BCUT2D eigenvalue weighted by atomic mass is 16.2. The Hall–Kier alpha value is -3.08. The van der Waals surface area contributed by atoms with Gasteiger partial charge in [-0.1, -0.05) is 48.0 Å². The summed E-state index contributed by atoms with van der Waals surface area (Å²) in [6.45, 7) is 4.17. The van der Waals surface area contributed by atoms with Gasteiger partial charge in [0.2, 0.25) is 11.8 Å². The van der Waals surface area contributed by atoms with E-state index in [1.165, 1.54) is 27.6 Å². The Morgan fingerprint density at radius 3 is 2.43 bits per heavy atom. The Labute approximate surface area is 177 Å². The number of aryl methyl sites for hydroxylation is 2. The van der Waals surface area contributed by atoms with Gasteiger partial charge in [-0.2, -0.15) is 0 Å². The van der Waals surface area contributed by atoms with E-state index in [2.05, 4.69) is 66.2 Å². The zero-order valence-corrected chi connectivity index (χ0v) is 17.5. The van der Waals surface area contributed by atoms with Crippen LogP contribution >= 0.6 is 0 Å². The molecular weight excluding hydrogens is 374 g/mol. The van der Waals surface area contributed by atoms with Gasteiger partial charge in [-0.3, -0.25) is 9.59 Å². The second-order valence-electron chi connectivity index (χ2n) is 8.34. The van der Waals surface area contributed by atoms with Gasteiger partial charge in [-0.05, 0) is 43.4 Å². The number of hydrogen-bond acceptors (Lipinski definition) is 2. The van der Waals surface area contributed by atoms with Crippen molar-refractivity contribution in [3.63, 3.8) is 0 Å².